The Morgan fingerprint density at radius 2 is 1.58 bits per heavy atom. The van der Waals surface area contributed by atoms with Gasteiger partial charge in [0.25, 0.3) is 5.91 Å². The zero-order valence-corrected chi connectivity index (χ0v) is 22.5. The number of amides is 3. The highest BCUT2D eigenvalue weighted by Gasteiger charge is 2.50. The SMILES string of the molecule is CC(C)(C)NC(=O)[C@H]1N(C(=O)[C@@H](O)[C@H](Cc2ccccc2)NC(=O)Cc2ccccc2)CSC1(C)C. The van der Waals surface area contributed by atoms with Gasteiger partial charge in [0, 0.05) is 10.3 Å². The molecule has 7 nitrogen and oxygen atoms in total. The Morgan fingerprint density at radius 1 is 1.03 bits per heavy atom. The summed E-state index contributed by atoms with van der Waals surface area (Å²) in [6, 6.07) is 17.1. The molecular formula is C28H37N3O4S. The molecule has 1 aliphatic rings. The Balaban J connectivity index is 1.82. The van der Waals surface area contributed by atoms with Gasteiger partial charge in [0.05, 0.1) is 18.3 Å². The number of nitrogens with one attached hydrogen (secondary N) is 2. The molecule has 2 aromatic carbocycles. The third kappa shape index (κ3) is 7.34. The van der Waals surface area contributed by atoms with Crippen LogP contribution in [0, 0.1) is 0 Å². The van der Waals surface area contributed by atoms with Crippen LogP contribution in [0.3, 0.4) is 0 Å². The van der Waals surface area contributed by atoms with E-state index in [0.29, 0.717) is 0 Å². The predicted molar refractivity (Wildman–Crippen MR) is 143 cm³/mol. The summed E-state index contributed by atoms with van der Waals surface area (Å²) >= 11 is 1.49. The van der Waals surface area contributed by atoms with E-state index in [-0.39, 0.29) is 30.5 Å². The van der Waals surface area contributed by atoms with Crippen LogP contribution in [0.2, 0.25) is 0 Å². The summed E-state index contributed by atoms with van der Waals surface area (Å²) in [6.07, 6.45) is -1.10. The highest BCUT2D eigenvalue weighted by molar-refractivity contribution is 8.00. The van der Waals surface area contributed by atoms with Crippen LogP contribution >= 0.6 is 11.8 Å². The minimum absolute atomic E-state index is 0.135. The monoisotopic (exact) mass is 511 g/mol. The van der Waals surface area contributed by atoms with Gasteiger partial charge in [0.15, 0.2) is 6.10 Å². The Labute approximate surface area is 218 Å². The van der Waals surface area contributed by atoms with E-state index in [1.807, 2.05) is 95.3 Å². The van der Waals surface area contributed by atoms with E-state index in [1.165, 1.54) is 16.7 Å². The number of hydrogen-bond donors (Lipinski definition) is 3. The molecule has 194 valence electrons. The quantitative estimate of drug-likeness (QED) is 0.506. The largest absolute Gasteiger partial charge is 0.381 e. The van der Waals surface area contributed by atoms with Gasteiger partial charge in [-0.3, -0.25) is 14.4 Å². The number of aliphatic hydroxyl groups excluding tert-OH is 1. The fourth-order valence-corrected chi connectivity index (χ4v) is 5.48. The van der Waals surface area contributed by atoms with Crippen molar-refractivity contribution in [2.24, 2.45) is 0 Å². The first-order valence-electron chi connectivity index (χ1n) is 12.2. The van der Waals surface area contributed by atoms with Crippen molar-refractivity contribution in [3.63, 3.8) is 0 Å². The van der Waals surface area contributed by atoms with Crippen molar-refractivity contribution in [2.75, 3.05) is 5.88 Å². The molecule has 8 heteroatoms. The molecule has 0 bridgehead atoms. The molecule has 3 amide bonds. The summed E-state index contributed by atoms with van der Waals surface area (Å²) in [5.74, 6) is -0.831. The molecule has 0 spiro atoms. The normalized spacial score (nSPS) is 18.8. The van der Waals surface area contributed by atoms with Gasteiger partial charge in [-0.05, 0) is 52.2 Å². The molecule has 0 radical (unpaired) electrons. The van der Waals surface area contributed by atoms with E-state index in [0.717, 1.165) is 11.1 Å². The average molecular weight is 512 g/mol. The third-order valence-corrected chi connectivity index (χ3v) is 7.44. The molecule has 3 atom stereocenters. The predicted octanol–water partition coefficient (Wildman–Crippen LogP) is 2.91. The van der Waals surface area contributed by atoms with Gasteiger partial charge in [0.2, 0.25) is 11.8 Å². The van der Waals surface area contributed by atoms with Crippen LogP contribution < -0.4 is 10.6 Å². The minimum Gasteiger partial charge on any atom is -0.381 e. The third-order valence-electron chi connectivity index (χ3n) is 6.06. The smallest absolute Gasteiger partial charge is 0.254 e. The van der Waals surface area contributed by atoms with Crippen molar-refractivity contribution in [3.05, 3.63) is 71.8 Å². The van der Waals surface area contributed by atoms with Crippen LogP contribution in [0.25, 0.3) is 0 Å². The van der Waals surface area contributed by atoms with E-state index in [4.69, 9.17) is 0 Å². The van der Waals surface area contributed by atoms with Crippen LogP contribution in [0.4, 0.5) is 0 Å². The van der Waals surface area contributed by atoms with Gasteiger partial charge < -0.3 is 20.6 Å². The Hall–Kier alpha value is -2.84. The maximum absolute atomic E-state index is 13.6. The molecule has 1 aliphatic heterocycles. The lowest BCUT2D eigenvalue weighted by molar-refractivity contribution is -0.148. The second-order valence-electron chi connectivity index (χ2n) is 10.8. The van der Waals surface area contributed by atoms with Crippen molar-refractivity contribution < 1.29 is 19.5 Å². The molecular weight excluding hydrogens is 474 g/mol. The number of carbonyl (C=O) groups is 3. The number of thioether (sulfide) groups is 1. The van der Waals surface area contributed by atoms with E-state index < -0.39 is 34.4 Å². The van der Waals surface area contributed by atoms with Crippen molar-refractivity contribution in [3.8, 4) is 0 Å². The van der Waals surface area contributed by atoms with Crippen molar-refractivity contribution >= 4 is 29.5 Å². The first-order chi connectivity index (χ1) is 16.9. The van der Waals surface area contributed by atoms with Crippen molar-refractivity contribution in [1.29, 1.82) is 0 Å². The summed E-state index contributed by atoms with van der Waals surface area (Å²) in [5.41, 5.74) is 1.26. The highest BCUT2D eigenvalue weighted by atomic mass is 32.2. The van der Waals surface area contributed by atoms with Crippen LogP contribution in [0.15, 0.2) is 60.7 Å². The van der Waals surface area contributed by atoms with Gasteiger partial charge >= 0.3 is 0 Å². The maximum Gasteiger partial charge on any atom is 0.254 e. The molecule has 0 aliphatic carbocycles. The molecule has 0 saturated carbocycles. The van der Waals surface area contributed by atoms with Gasteiger partial charge in [-0.2, -0.15) is 0 Å². The van der Waals surface area contributed by atoms with Gasteiger partial charge in [-0.1, -0.05) is 60.7 Å². The number of hydrogen-bond acceptors (Lipinski definition) is 5. The Bertz CT molecular complexity index is 1050. The van der Waals surface area contributed by atoms with Crippen molar-refractivity contribution in [2.45, 2.75) is 75.9 Å². The fourth-order valence-electron chi connectivity index (χ4n) is 4.34. The highest BCUT2D eigenvalue weighted by Crippen LogP contribution is 2.40. The summed E-state index contributed by atoms with van der Waals surface area (Å²) in [7, 11) is 0. The van der Waals surface area contributed by atoms with Crippen LogP contribution in [-0.4, -0.2) is 62.1 Å². The number of aliphatic hydroxyl groups is 1. The van der Waals surface area contributed by atoms with Gasteiger partial charge in [-0.25, -0.2) is 0 Å². The van der Waals surface area contributed by atoms with Gasteiger partial charge in [0.1, 0.15) is 6.04 Å². The number of nitrogens with zero attached hydrogens (tertiary/aromatic N) is 1. The molecule has 1 heterocycles. The van der Waals surface area contributed by atoms with Crippen LogP contribution in [0.5, 0.6) is 0 Å². The topological polar surface area (TPSA) is 98.7 Å². The molecule has 1 saturated heterocycles. The second kappa shape index (κ2) is 11.5. The summed E-state index contributed by atoms with van der Waals surface area (Å²) in [5, 5.41) is 17.1. The Kier molecular flexibility index (Phi) is 8.84. The standard InChI is InChI=1S/C28H37N3O4S/c1-27(2,3)30-25(34)24-28(4,5)36-18-31(24)26(35)23(33)21(16-19-12-8-6-9-13-19)29-22(32)17-20-14-10-7-11-15-20/h6-15,21,23-24,33H,16-18H2,1-5H3,(H,29,32)(H,30,34)/t21-,23-,24+/m0/s1. The first kappa shape index (κ1) is 27.7. The minimum atomic E-state index is -1.51. The molecule has 1 fully saturated rings. The number of carbonyl (C=O) groups excluding carboxylic acids is 3. The molecule has 36 heavy (non-hydrogen) atoms. The van der Waals surface area contributed by atoms with E-state index in [1.54, 1.807) is 0 Å². The zero-order chi connectivity index (χ0) is 26.5. The first-order valence-corrected chi connectivity index (χ1v) is 13.2. The van der Waals surface area contributed by atoms with E-state index in [2.05, 4.69) is 10.6 Å². The lowest BCUT2D eigenvalue weighted by atomic mass is 9.96. The van der Waals surface area contributed by atoms with E-state index in [9.17, 15) is 19.5 Å². The second-order valence-corrected chi connectivity index (χ2v) is 12.4. The Morgan fingerprint density at radius 3 is 2.14 bits per heavy atom. The summed E-state index contributed by atoms with van der Waals surface area (Å²) in [4.78, 5) is 41.1. The van der Waals surface area contributed by atoms with Crippen molar-refractivity contribution in [1.82, 2.24) is 15.5 Å². The molecule has 0 unspecified atom stereocenters. The maximum atomic E-state index is 13.6. The summed E-state index contributed by atoms with van der Waals surface area (Å²) < 4.78 is -0.532. The zero-order valence-electron chi connectivity index (χ0n) is 21.7. The fraction of sp³-hybridized carbons (Fsp3) is 0.464. The molecule has 0 aromatic heterocycles. The summed E-state index contributed by atoms with van der Waals surface area (Å²) in [6.45, 7) is 9.51. The van der Waals surface area contributed by atoms with Gasteiger partial charge in [-0.15, -0.1) is 11.8 Å². The molecule has 3 N–H and O–H groups in total. The number of benzene rings is 2. The molecule has 3 rings (SSSR count). The number of rotatable bonds is 8. The van der Waals surface area contributed by atoms with Crippen LogP contribution in [-0.2, 0) is 27.2 Å². The molecule has 2 aromatic rings. The average Bonchev–Trinajstić information content (AvgIpc) is 3.13. The van der Waals surface area contributed by atoms with E-state index >= 15 is 0 Å². The van der Waals surface area contributed by atoms with Crippen LogP contribution in [0.1, 0.15) is 45.7 Å². The lowest BCUT2D eigenvalue weighted by Crippen LogP contribution is -2.60. The lowest BCUT2D eigenvalue weighted by Gasteiger charge is -2.35.